The van der Waals surface area contributed by atoms with Gasteiger partial charge in [0, 0.05) is 22.3 Å². The summed E-state index contributed by atoms with van der Waals surface area (Å²) >= 11 is 0. The number of fused-ring (bicyclic) bond motifs is 3. The number of hydrogen-bond donors (Lipinski definition) is 0. The summed E-state index contributed by atoms with van der Waals surface area (Å²) in [5.74, 6) is 0. The van der Waals surface area contributed by atoms with Gasteiger partial charge in [-0.2, -0.15) is 0 Å². The molecule has 0 heterocycles. The molecule has 1 heteroatoms. The van der Waals surface area contributed by atoms with Gasteiger partial charge in [0.15, 0.2) is 0 Å². The fourth-order valence-electron chi connectivity index (χ4n) is 5.02. The molecule has 3 aromatic carbocycles. The van der Waals surface area contributed by atoms with Gasteiger partial charge in [0.25, 0.3) is 0 Å². The zero-order valence-corrected chi connectivity index (χ0v) is 19.1. The van der Waals surface area contributed by atoms with Crippen LogP contribution in [-0.4, -0.2) is 5.54 Å². The van der Waals surface area contributed by atoms with Gasteiger partial charge in [-0.25, -0.2) is 0 Å². The molecule has 0 amide bonds. The van der Waals surface area contributed by atoms with E-state index in [2.05, 4.69) is 115 Å². The summed E-state index contributed by atoms with van der Waals surface area (Å²) in [7, 11) is 0. The Morgan fingerprint density at radius 3 is 2.00 bits per heavy atom. The number of rotatable bonds is 2. The second-order valence-electron chi connectivity index (χ2n) is 10.1. The number of para-hydroxylation sites is 1. The van der Waals surface area contributed by atoms with Crippen LogP contribution in [0.15, 0.2) is 54.6 Å². The second kappa shape index (κ2) is 6.49. The van der Waals surface area contributed by atoms with Crippen LogP contribution in [0.2, 0.25) is 0 Å². The molecule has 0 N–H and O–H groups in total. The second-order valence-corrected chi connectivity index (χ2v) is 10.1. The highest BCUT2D eigenvalue weighted by Gasteiger charge is 2.37. The Balaban J connectivity index is 2.02. The van der Waals surface area contributed by atoms with Crippen molar-refractivity contribution >= 4 is 11.4 Å². The molecule has 1 aliphatic rings. The lowest BCUT2D eigenvalue weighted by Gasteiger charge is -2.40. The van der Waals surface area contributed by atoms with Gasteiger partial charge >= 0.3 is 0 Å². The van der Waals surface area contributed by atoms with Crippen molar-refractivity contribution in [2.24, 2.45) is 0 Å². The zero-order valence-electron chi connectivity index (χ0n) is 19.1. The summed E-state index contributed by atoms with van der Waals surface area (Å²) in [4.78, 5) is 2.52. The number of nitrogens with zero attached hydrogens (tertiary/aromatic N) is 1. The van der Waals surface area contributed by atoms with Crippen LogP contribution in [0.4, 0.5) is 11.4 Å². The van der Waals surface area contributed by atoms with Crippen LogP contribution in [0.25, 0.3) is 11.1 Å². The first kappa shape index (κ1) is 19.8. The monoisotopic (exact) mass is 383 g/mol. The lowest BCUT2D eigenvalue weighted by atomic mass is 9.81. The summed E-state index contributed by atoms with van der Waals surface area (Å²) in [5.41, 5.74) is 12.3. The smallest absolute Gasteiger partial charge is 0.0451 e. The normalized spacial score (nSPS) is 14.5. The van der Waals surface area contributed by atoms with Crippen LogP contribution >= 0.6 is 0 Å². The van der Waals surface area contributed by atoms with Crippen molar-refractivity contribution < 1.29 is 0 Å². The molecule has 0 saturated heterocycles. The fourth-order valence-corrected chi connectivity index (χ4v) is 5.02. The van der Waals surface area contributed by atoms with Crippen LogP contribution in [0, 0.1) is 20.8 Å². The molecular weight excluding hydrogens is 350 g/mol. The summed E-state index contributed by atoms with van der Waals surface area (Å²) in [6.07, 6.45) is 0. The zero-order chi connectivity index (χ0) is 21.1. The van der Waals surface area contributed by atoms with Gasteiger partial charge in [0.2, 0.25) is 0 Å². The molecule has 150 valence electrons. The third-order valence-corrected chi connectivity index (χ3v) is 6.49. The molecule has 0 spiro atoms. The van der Waals surface area contributed by atoms with Crippen molar-refractivity contribution in [2.45, 2.75) is 66.3 Å². The summed E-state index contributed by atoms with van der Waals surface area (Å²) in [5, 5.41) is 0. The van der Waals surface area contributed by atoms with E-state index in [0.29, 0.717) is 0 Å². The average Bonchev–Trinajstić information content (AvgIpc) is 2.84. The third kappa shape index (κ3) is 2.99. The van der Waals surface area contributed by atoms with Gasteiger partial charge < -0.3 is 4.90 Å². The average molecular weight is 384 g/mol. The molecule has 0 aliphatic heterocycles. The third-order valence-electron chi connectivity index (χ3n) is 6.49. The molecule has 29 heavy (non-hydrogen) atoms. The Kier molecular flexibility index (Phi) is 4.42. The van der Waals surface area contributed by atoms with E-state index >= 15 is 0 Å². The Labute approximate surface area is 176 Å². The molecule has 3 aromatic rings. The van der Waals surface area contributed by atoms with E-state index in [4.69, 9.17) is 0 Å². The first-order valence-corrected chi connectivity index (χ1v) is 10.6. The number of aryl methyl sites for hydroxylation is 3. The number of anilines is 2. The maximum absolute atomic E-state index is 2.52. The molecule has 0 bridgehead atoms. The summed E-state index contributed by atoms with van der Waals surface area (Å²) < 4.78 is 0. The van der Waals surface area contributed by atoms with Crippen molar-refractivity contribution in [3.05, 3.63) is 82.4 Å². The topological polar surface area (TPSA) is 3.24 Å². The molecule has 1 aliphatic carbocycles. The van der Waals surface area contributed by atoms with Crippen LogP contribution in [-0.2, 0) is 5.41 Å². The number of hydrogen-bond acceptors (Lipinski definition) is 1. The van der Waals surface area contributed by atoms with Crippen molar-refractivity contribution in [1.82, 2.24) is 0 Å². The molecule has 0 radical (unpaired) electrons. The predicted molar refractivity (Wildman–Crippen MR) is 127 cm³/mol. The van der Waals surface area contributed by atoms with Gasteiger partial charge in [-0.1, -0.05) is 56.3 Å². The Hall–Kier alpha value is -2.54. The molecule has 0 saturated carbocycles. The van der Waals surface area contributed by atoms with Crippen LogP contribution in [0.5, 0.6) is 0 Å². The summed E-state index contributed by atoms with van der Waals surface area (Å²) in [6.45, 7) is 18.3. The van der Waals surface area contributed by atoms with Crippen LogP contribution < -0.4 is 4.90 Å². The maximum atomic E-state index is 2.52. The van der Waals surface area contributed by atoms with Gasteiger partial charge in [-0.3, -0.25) is 0 Å². The molecule has 0 aromatic heterocycles. The molecule has 4 rings (SSSR count). The lowest BCUT2D eigenvalue weighted by Crippen LogP contribution is -2.38. The van der Waals surface area contributed by atoms with Gasteiger partial charge in [-0.15, -0.1) is 0 Å². The highest BCUT2D eigenvalue weighted by atomic mass is 15.2. The molecule has 0 unspecified atom stereocenters. The standard InChI is InChI=1S/C28H33N/c1-18-12-9-10-15-24(18)29(27(4,5)6)25-17-21-23(16-20(25)3)28(7,8)22-14-11-13-19(2)26(21)22/h9-17H,1-8H3. The van der Waals surface area contributed by atoms with Gasteiger partial charge in [0.1, 0.15) is 0 Å². The van der Waals surface area contributed by atoms with Crippen molar-refractivity contribution in [1.29, 1.82) is 0 Å². The van der Waals surface area contributed by atoms with Crippen molar-refractivity contribution in [2.75, 3.05) is 4.90 Å². The van der Waals surface area contributed by atoms with E-state index in [-0.39, 0.29) is 11.0 Å². The Morgan fingerprint density at radius 1 is 0.690 bits per heavy atom. The molecular formula is C28H33N. The first-order chi connectivity index (χ1) is 13.5. The molecule has 1 nitrogen and oxygen atoms in total. The highest BCUT2D eigenvalue weighted by molar-refractivity contribution is 5.87. The Bertz CT molecular complexity index is 1100. The van der Waals surface area contributed by atoms with E-state index in [0.717, 1.165) is 0 Å². The van der Waals surface area contributed by atoms with Crippen LogP contribution in [0.1, 0.15) is 62.4 Å². The lowest BCUT2D eigenvalue weighted by molar-refractivity contribution is 0.558. The van der Waals surface area contributed by atoms with Crippen molar-refractivity contribution in [3.63, 3.8) is 0 Å². The van der Waals surface area contributed by atoms with Gasteiger partial charge in [0.05, 0.1) is 0 Å². The van der Waals surface area contributed by atoms with Gasteiger partial charge in [-0.05, 0) is 92.6 Å². The van der Waals surface area contributed by atoms with E-state index < -0.39 is 0 Å². The van der Waals surface area contributed by atoms with Crippen molar-refractivity contribution in [3.8, 4) is 11.1 Å². The van der Waals surface area contributed by atoms with Crippen LogP contribution in [0.3, 0.4) is 0 Å². The molecule has 0 atom stereocenters. The minimum absolute atomic E-state index is 0.0339. The minimum Gasteiger partial charge on any atom is -0.336 e. The maximum Gasteiger partial charge on any atom is 0.0451 e. The highest BCUT2D eigenvalue weighted by Crippen LogP contribution is 2.52. The van der Waals surface area contributed by atoms with E-state index in [9.17, 15) is 0 Å². The number of benzene rings is 3. The summed E-state index contributed by atoms with van der Waals surface area (Å²) in [6, 6.07) is 20.3. The van der Waals surface area contributed by atoms with E-state index in [1.165, 1.54) is 50.3 Å². The van der Waals surface area contributed by atoms with E-state index in [1.54, 1.807) is 0 Å². The SMILES string of the molecule is Cc1ccccc1N(c1cc2c(cc1C)C(C)(C)c1cccc(C)c1-2)C(C)(C)C. The predicted octanol–water partition coefficient (Wildman–Crippen LogP) is 7.85. The largest absolute Gasteiger partial charge is 0.336 e. The quantitative estimate of drug-likeness (QED) is 0.435. The first-order valence-electron chi connectivity index (χ1n) is 10.6. The fraction of sp³-hybridized carbons (Fsp3) is 0.357. The van der Waals surface area contributed by atoms with E-state index in [1.807, 2.05) is 0 Å². The minimum atomic E-state index is -0.0339. The molecule has 0 fully saturated rings. The Morgan fingerprint density at radius 2 is 1.34 bits per heavy atom.